The zero-order valence-corrected chi connectivity index (χ0v) is 12.8. The summed E-state index contributed by atoms with van der Waals surface area (Å²) in [6.45, 7) is 2.35. The number of rotatable bonds is 2. The number of benzene rings is 1. The molecule has 2 aliphatic rings. The Labute approximate surface area is 129 Å². The largest absolute Gasteiger partial charge is 0.295 e. The molecule has 0 radical (unpaired) electrons. The molecule has 2 aromatic rings. The first-order valence-corrected chi connectivity index (χ1v) is 8.44. The molecule has 1 aliphatic heterocycles. The van der Waals surface area contributed by atoms with Crippen molar-refractivity contribution >= 4 is 11.3 Å². The lowest BCUT2D eigenvalue weighted by molar-refractivity contribution is 0.207. The number of thiazole rings is 1. The molecule has 0 spiro atoms. The maximum absolute atomic E-state index is 4.45. The summed E-state index contributed by atoms with van der Waals surface area (Å²) in [5.41, 5.74) is 1.05. The number of hydrogen-bond donors (Lipinski definition) is 0. The highest BCUT2D eigenvalue weighted by molar-refractivity contribution is 7.12. The summed E-state index contributed by atoms with van der Waals surface area (Å²) < 4.78 is 0. The Morgan fingerprint density at radius 2 is 2.10 bits per heavy atom. The van der Waals surface area contributed by atoms with E-state index >= 15 is 0 Å². The van der Waals surface area contributed by atoms with Gasteiger partial charge in [0, 0.05) is 35.8 Å². The van der Waals surface area contributed by atoms with Crippen molar-refractivity contribution in [1.82, 2.24) is 9.88 Å². The monoisotopic (exact) mass is 294 g/mol. The van der Waals surface area contributed by atoms with Gasteiger partial charge in [-0.3, -0.25) is 4.90 Å². The predicted octanol–water partition coefficient (Wildman–Crippen LogP) is 3.53. The maximum Gasteiger partial charge on any atom is 0.167 e. The van der Waals surface area contributed by atoms with E-state index in [1.807, 2.05) is 36.5 Å². The van der Waals surface area contributed by atoms with Gasteiger partial charge in [0.2, 0.25) is 0 Å². The molecule has 1 aromatic heterocycles. The first kappa shape index (κ1) is 13.1. The third kappa shape index (κ3) is 2.88. The molecule has 3 heteroatoms. The molecule has 2 atom stereocenters. The SMILES string of the molecule is C(#Cc1ncc(CN2CC3CCC2C3)s1)c1ccccc1. The van der Waals surface area contributed by atoms with E-state index in [0.717, 1.165) is 29.1 Å². The van der Waals surface area contributed by atoms with E-state index in [4.69, 9.17) is 0 Å². The molecule has 21 heavy (non-hydrogen) atoms. The first-order valence-electron chi connectivity index (χ1n) is 7.62. The summed E-state index contributed by atoms with van der Waals surface area (Å²) >= 11 is 1.74. The topological polar surface area (TPSA) is 16.1 Å². The van der Waals surface area contributed by atoms with Crippen LogP contribution in [0, 0.1) is 17.8 Å². The van der Waals surface area contributed by atoms with E-state index < -0.39 is 0 Å². The average molecular weight is 294 g/mol. The van der Waals surface area contributed by atoms with Gasteiger partial charge in [-0.1, -0.05) is 24.1 Å². The third-order valence-electron chi connectivity index (χ3n) is 4.52. The lowest BCUT2D eigenvalue weighted by atomic mass is 10.1. The van der Waals surface area contributed by atoms with E-state index in [9.17, 15) is 0 Å². The van der Waals surface area contributed by atoms with Gasteiger partial charge in [0.15, 0.2) is 5.01 Å². The van der Waals surface area contributed by atoms with Crippen molar-refractivity contribution in [3.05, 3.63) is 52.0 Å². The molecule has 0 amide bonds. The molecule has 2 bridgehead atoms. The van der Waals surface area contributed by atoms with Crippen LogP contribution in [0.15, 0.2) is 36.5 Å². The van der Waals surface area contributed by atoms with Gasteiger partial charge < -0.3 is 0 Å². The van der Waals surface area contributed by atoms with Gasteiger partial charge in [0.1, 0.15) is 0 Å². The van der Waals surface area contributed by atoms with Crippen LogP contribution in [0.2, 0.25) is 0 Å². The Bertz CT molecular complexity index is 680. The Morgan fingerprint density at radius 1 is 1.19 bits per heavy atom. The van der Waals surface area contributed by atoms with Crippen molar-refractivity contribution in [2.24, 2.45) is 5.92 Å². The molecule has 1 aromatic carbocycles. The van der Waals surface area contributed by atoms with Crippen molar-refractivity contribution in [2.75, 3.05) is 6.54 Å². The van der Waals surface area contributed by atoms with Gasteiger partial charge >= 0.3 is 0 Å². The summed E-state index contributed by atoms with van der Waals surface area (Å²) in [5, 5.41) is 0.929. The zero-order valence-electron chi connectivity index (χ0n) is 12.0. The van der Waals surface area contributed by atoms with Crippen LogP contribution < -0.4 is 0 Å². The Morgan fingerprint density at radius 3 is 2.86 bits per heavy atom. The molecular weight excluding hydrogens is 276 g/mol. The average Bonchev–Trinajstić information content (AvgIpc) is 3.23. The van der Waals surface area contributed by atoms with Crippen LogP contribution in [0.3, 0.4) is 0 Å². The minimum atomic E-state index is 0.830. The molecule has 1 saturated carbocycles. The summed E-state index contributed by atoms with van der Waals surface area (Å²) in [7, 11) is 0. The van der Waals surface area contributed by atoms with Gasteiger partial charge in [0.05, 0.1) is 0 Å². The molecule has 2 nitrogen and oxygen atoms in total. The maximum atomic E-state index is 4.45. The van der Waals surface area contributed by atoms with Crippen molar-refractivity contribution in [2.45, 2.75) is 31.8 Å². The van der Waals surface area contributed by atoms with Crippen molar-refractivity contribution in [3.8, 4) is 11.8 Å². The molecule has 1 aliphatic carbocycles. The van der Waals surface area contributed by atoms with Crippen molar-refractivity contribution in [3.63, 3.8) is 0 Å². The van der Waals surface area contributed by atoms with Crippen molar-refractivity contribution in [1.29, 1.82) is 0 Å². The lowest BCUT2D eigenvalue weighted by Gasteiger charge is -2.25. The number of hydrogen-bond acceptors (Lipinski definition) is 3. The number of aromatic nitrogens is 1. The van der Waals surface area contributed by atoms with E-state index in [1.54, 1.807) is 11.3 Å². The van der Waals surface area contributed by atoms with Crippen LogP contribution >= 0.6 is 11.3 Å². The van der Waals surface area contributed by atoms with Crippen LogP contribution in [0.1, 0.15) is 34.7 Å². The van der Waals surface area contributed by atoms with Gasteiger partial charge in [-0.05, 0) is 43.2 Å². The molecule has 1 saturated heterocycles. The molecule has 2 fully saturated rings. The molecular formula is C18H18N2S. The second-order valence-corrected chi connectivity index (χ2v) is 7.13. The lowest BCUT2D eigenvalue weighted by Crippen LogP contribution is -2.31. The second kappa shape index (κ2) is 5.63. The Hall–Kier alpha value is -1.63. The summed E-state index contributed by atoms with van der Waals surface area (Å²) in [6, 6.07) is 10.9. The van der Waals surface area contributed by atoms with Crippen LogP contribution in [0.25, 0.3) is 0 Å². The number of likely N-dealkylation sites (tertiary alicyclic amines) is 1. The number of piperidine rings is 1. The molecule has 4 rings (SSSR count). The fraction of sp³-hybridized carbons (Fsp3) is 0.389. The molecule has 106 valence electrons. The summed E-state index contributed by atoms with van der Waals surface area (Å²) in [5.74, 6) is 7.32. The van der Waals surface area contributed by atoms with Gasteiger partial charge in [-0.15, -0.1) is 11.3 Å². The Kier molecular flexibility index (Phi) is 3.50. The highest BCUT2D eigenvalue weighted by Gasteiger charge is 2.37. The smallest absolute Gasteiger partial charge is 0.167 e. The van der Waals surface area contributed by atoms with Gasteiger partial charge in [-0.2, -0.15) is 0 Å². The van der Waals surface area contributed by atoms with E-state index in [1.165, 1.54) is 30.7 Å². The molecule has 0 N–H and O–H groups in total. The number of fused-ring (bicyclic) bond motifs is 2. The van der Waals surface area contributed by atoms with E-state index in [2.05, 4.69) is 21.7 Å². The van der Waals surface area contributed by atoms with E-state index in [-0.39, 0.29) is 0 Å². The number of nitrogens with zero attached hydrogens (tertiary/aromatic N) is 2. The second-order valence-electron chi connectivity index (χ2n) is 6.01. The molecule has 2 heterocycles. The van der Waals surface area contributed by atoms with Gasteiger partial charge in [-0.25, -0.2) is 4.98 Å². The van der Waals surface area contributed by atoms with Gasteiger partial charge in [0.25, 0.3) is 0 Å². The highest BCUT2D eigenvalue weighted by atomic mass is 32.1. The van der Waals surface area contributed by atoms with Crippen molar-refractivity contribution < 1.29 is 0 Å². The van der Waals surface area contributed by atoms with E-state index in [0.29, 0.717) is 0 Å². The normalized spacial score (nSPS) is 24.0. The first-order chi connectivity index (χ1) is 10.4. The zero-order chi connectivity index (χ0) is 14.1. The standard InChI is InChI=1S/C18H18N2S/c1-2-4-14(5-3-1)7-9-18-19-11-17(21-18)13-20-12-15-6-8-16(20)10-15/h1-5,11,15-16H,6,8,10,12-13H2. The minimum Gasteiger partial charge on any atom is -0.295 e. The Balaban J connectivity index is 1.43. The minimum absolute atomic E-state index is 0.830. The fourth-order valence-electron chi connectivity index (χ4n) is 3.51. The summed E-state index contributed by atoms with van der Waals surface area (Å²) in [4.78, 5) is 8.44. The van der Waals surface area contributed by atoms with Crippen LogP contribution in [-0.2, 0) is 6.54 Å². The fourth-order valence-corrected chi connectivity index (χ4v) is 4.30. The quantitative estimate of drug-likeness (QED) is 0.788. The third-order valence-corrected chi connectivity index (χ3v) is 5.42. The highest BCUT2D eigenvalue weighted by Crippen LogP contribution is 2.38. The molecule has 2 unspecified atom stereocenters. The predicted molar refractivity (Wildman–Crippen MR) is 86.1 cm³/mol. The van der Waals surface area contributed by atoms with Crippen LogP contribution in [0.4, 0.5) is 0 Å². The van der Waals surface area contributed by atoms with Crippen LogP contribution in [-0.4, -0.2) is 22.5 Å². The summed E-state index contributed by atoms with van der Waals surface area (Å²) in [6.07, 6.45) is 6.26. The van der Waals surface area contributed by atoms with Crippen LogP contribution in [0.5, 0.6) is 0 Å².